The van der Waals surface area contributed by atoms with E-state index >= 15 is 0 Å². The third-order valence-electron chi connectivity index (χ3n) is 2.66. The molecule has 0 aliphatic carbocycles. The Morgan fingerprint density at radius 1 is 1.42 bits per heavy atom. The van der Waals surface area contributed by atoms with Crippen LogP contribution in [0.5, 0.6) is 0 Å². The Balaban J connectivity index is 2.08. The van der Waals surface area contributed by atoms with Crippen LogP contribution in [0.3, 0.4) is 0 Å². The highest BCUT2D eigenvalue weighted by Gasteiger charge is 2.09. The lowest BCUT2D eigenvalue weighted by atomic mass is 10.1. The zero-order valence-corrected chi connectivity index (χ0v) is 11.3. The van der Waals surface area contributed by atoms with Gasteiger partial charge in [0.2, 0.25) is 0 Å². The standard InChI is InChI=1S/C13H13FN2O2S/c1-7-3-9(4-8(2)11(7)14)5-15-13-16-6-10(19-13)12(17)18/h3-4,6H,5H2,1-2H3,(H,15,16)(H,17,18). The maximum atomic E-state index is 13.5. The molecule has 0 radical (unpaired) electrons. The number of carbonyl (C=O) groups is 1. The number of nitrogens with zero attached hydrogens (tertiary/aromatic N) is 1. The molecule has 19 heavy (non-hydrogen) atoms. The molecule has 4 nitrogen and oxygen atoms in total. The number of carboxylic acid groups (broad SMARTS) is 1. The van der Waals surface area contributed by atoms with E-state index in [2.05, 4.69) is 10.3 Å². The minimum atomic E-state index is -0.987. The van der Waals surface area contributed by atoms with Crippen molar-refractivity contribution in [3.63, 3.8) is 0 Å². The van der Waals surface area contributed by atoms with E-state index in [1.54, 1.807) is 26.0 Å². The van der Waals surface area contributed by atoms with Gasteiger partial charge in [-0.05, 0) is 30.5 Å². The lowest BCUT2D eigenvalue weighted by Crippen LogP contribution is -2.01. The van der Waals surface area contributed by atoms with Gasteiger partial charge in [0.15, 0.2) is 5.13 Å². The van der Waals surface area contributed by atoms with Crippen molar-refractivity contribution in [2.45, 2.75) is 20.4 Å². The van der Waals surface area contributed by atoms with Gasteiger partial charge in [-0.2, -0.15) is 0 Å². The minimum absolute atomic E-state index is 0.189. The number of aromatic nitrogens is 1. The van der Waals surface area contributed by atoms with Gasteiger partial charge in [0.25, 0.3) is 0 Å². The Labute approximate surface area is 113 Å². The highest BCUT2D eigenvalue weighted by atomic mass is 32.1. The normalized spacial score (nSPS) is 10.5. The molecule has 2 N–H and O–H groups in total. The van der Waals surface area contributed by atoms with Gasteiger partial charge in [-0.25, -0.2) is 14.2 Å². The number of rotatable bonds is 4. The van der Waals surface area contributed by atoms with E-state index in [9.17, 15) is 9.18 Å². The van der Waals surface area contributed by atoms with Gasteiger partial charge < -0.3 is 10.4 Å². The van der Waals surface area contributed by atoms with Gasteiger partial charge in [0, 0.05) is 6.54 Å². The fourth-order valence-corrected chi connectivity index (χ4v) is 2.42. The lowest BCUT2D eigenvalue weighted by Gasteiger charge is -2.07. The van der Waals surface area contributed by atoms with E-state index in [-0.39, 0.29) is 10.7 Å². The molecule has 0 saturated heterocycles. The van der Waals surface area contributed by atoms with Crippen molar-refractivity contribution in [1.29, 1.82) is 0 Å². The molecule has 0 aliphatic rings. The van der Waals surface area contributed by atoms with Crippen LogP contribution in [0.25, 0.3) is 0 Å². The molecule has 0 atom stereocenters. The molecule has 0 fully saturated rings. The monoisotopic (exact) mass is 280 g/mol. The van der Waals surface area contributed by atoms with Crippen LogP contribution in [0, 0.1) is 19.7 Å². The number of aromatic carboxylic acids is 1. The van der Waals surface area contributed by atoms with E-state index in [1.165, 1.54) is 6.20 Å². The number of benzene rings is 1. The van der Waals surface area contributed by atoms with Gasteiger partial charge in [-0.3, -0.25) is 0 Å². The number of halogens is 1. The fraction of sp³-hybridized carbons (Fsp3) is 0.231. The molecular formula is C13H13FN2O2S. The number of aryl methyl sites for hydroxylation is 2. The van der Waals surface area contributed by atoms with Crippen LogP contribution in [0.15, 0.2) is 18.3 Å². The number of hydrogen-bond donors (Lipinski definition) is 2. The van der Waals surface area contributed by atoms with Gasteiger partial charge in [-0.1, -0.05) is 23.5 Å². The second-order valence-electron chi connectivity index (χ2n) is 4.23. The quantitative estimate of drug-likeness (QED) is 0.902. The van der Waals surface area contributed by atoms with Crippen molar-refractivity contribution in [2.75, 3.05) is 5.32 Å². The zero-order chi connectivity index (χ0) is 14.0. The molecular weight excluding hydrogens is 267 g/mol. The van der Waals surface area contributed by atoms with Gasteiger partial charge >= 0.3 is 5.97 Å². The van der Waals surface area contributed by atoms with Crippen LogP contribution in [0.4, 0.5) is 9.52 Å². The summed E-state index contributed by atoms with van der Waals surface area (Å²) in [5.41, 5.74) is 2.13. The smallest absolute Gasteiger partial charge is 0.347 e. The highest BCUT2D eigenvalue weighted by Crippen LogP contribution is 2.20. The largest absolute Gasteiger partial charge is 0.477 e. The number of thiazole rings is 1. The van der Waals surface area contributed by atoms with Crippen molar-refractivity contribution in [1.82, 2.24) is 4.98 Å². The van der Waals surface area contributed by atoms with Crippen LogP contribution in [0.2, 0.25) is 0 Å². The predicted molar refractivity (Wildman–Crippen MR) is 72.3 cm³/mol. The maximum Gasteiger partial charge on any atom is 0.347 e. The van der Waals surface area contributed by atoms with Crippen molar-refractivity contribution in [3.05, 3.63) is 45.7 Å². The number of anilines is 1. The minimum Gasteiger partial charge on any atom is -0.477 e. The van der Waals surface area contributed by atoms with E-state index in [4.69, 9.17) is 5.11 Å². The van der Waals surface area contributed by atoms with Gasteiger partial charge in [0.05, 0.1) is 6.20 Å². The Kier molecular flexibility index (Phi) is 3.80. The Morgan fingerprint density at radius 3 is 2.58 bits per heavy atom. The van der Waals surface area contributed by atoms with Crippen molar-refractivity contribution >= 4 is 22.4 Å². The number of nitrogens with one attached hydrogen (secondary N) is 1. The van der Waals surface area contributed by atoms with Crippen molar-refractivity contribution in [2.24, 2.45) is 0 Å². The molecule has 1 aromatic heterocycles. The summed E-state index contributed by atoms with van der Waals surface area (Å²) in [6, 6.07) is 3.53. The van der Waals surface area contributed by atoms with Crippen LogP contribution < -0.4 is 5.32 Å². The molecule has 0 unspecified atom stereocenters. The Morgan fingerprint density at radius 2 is 2.05 bits per heavy atom. The molecule has 6 heteroatoms. The third kappa shape index (κ3) is 3.08. The first kappa shape index (κ1) is 13.5. The lowest BCUT2D eigenvalue weighted by molar-refractivity contribution is 0.0702. The zero-order valence-electron chi connectivity index (χ0n) is 10.5. The average Bonchev–Trinajstić information content (AvgIpc) is 2.82. The molecule has 1 heterocycles. The van der Waals surface area contributed by atoms with Gasteiger partial charge in [0.1, 0.15) is 10.7 Å². The molecule has 0 aliphatic heterocycles. The summed E-state index contributed by atoms with van der Waals surface area (Å²) in [6.45, 7) is 3.92. The maximum absolute atomic E-state index is 13.5. The summed E-state index contributed by atoms with van der Waals surface area (Å²) in [5, 5.41) is 12.4. The summed E-state index contributed by atoms with van der Waals surface area (Å²) < 4.78 is 13.5. The molecule has 2 aromatic rings. The summed E-state index contributed by atoms with van der Waals surface area (Å²) in [6.07, 6.45) is 1.32. The fourth-order valence-electron chi connectivity index (χ4n) is 1.77. The summed E-state index contributed by atoms with van der Waals surface area (Å²) in [5.74, 6) is -1.18. The molecule has 0 bridgehead atoms. The second kappa shape index (κ2) is 5.36. The number of carboxylic acids is 1. The van der Waals surface area contributed by atoms with Crippen molar-refractivity contribution < 1.29 is 14.3 Å². The second-order valence-corrected chi connectivity index (χ2v) is 5.26. The molecule has 2 rings (SSSR count). The molecule has 0 amide bonds. The van der Waals surface area contributed by atoms with Crippen LogP contribution in [0.1, 0.15) is 26.4 Å². The molecule has 0 saturated carbocycles. The molecule has 1 aromatic carbocycles. The third-order valence-corrected chi connectivity index (χ3v) is 3.60. The van der Waals surface area contributed by atoms with Gasteiger partial charge in [-0.15, -0.1) is 0 Å². The first-order valence-corrected chi connectivity index (χ1v) is 6.47. The Bertz CT molecular complexity index is 602. The van der Waals surface area contributed by atoms with Crippen LogP contribution >= 0.6 is 11.3 Å². The Hall–Kier alpha value is -1.95. The molecule has 100 valence electrons. The first-order valence-electron chi connectivity index (χ1n) is 5.66. The van der Waals surface area contributed by atoms with Crippen molar-refractivity contribution in [3.8, 4) is 0 Å². The van der Waals surface area contributed by atoms with Crippen LogP contribution in [-0.2, 0) is 6.54 Å². The van der Waals surface area contributed by atoms with E-state index < -0.39 is 5.97 Å². The average molecular weight is 280 g/mol. The van der Waals surface area contributed by atoms with E-state index in [1.807, 2.05) is 0 Å². The molecule has 0 spiro atoms. The van der Waals surface area contributed by atoms with E-state index in [0.717, 1.165) is 16.9 Å². The first-order chi connectivity index (χ1) is 8.97. The SMILES string of the molecule is Cc1cc(CNc2ncc(C(=O)O)s2)cc(C)c1F. The topological polar surface area (TPSA) is 62.2 Å². The highest BCUT2D eigenvalue weighted by molar-refractivity contribution is 7.17. The van der Waals surface area contributed by atoms with E-state index in [0.29, 0.717) is 22.8 Å². The number of hydrogen-bond acceptors (Lipinski definition) is 4. The summed E-state index contributed by atoms with van der Waals surface area (Å²) in [4.78, 5) is 14.9. The summed E-state index contributed by atoms with van der Waals surface area (Å²) >= 11 is 1.08. The van der Waals surface area contributed by atoms with Crippen LogP contribution in [-0.4, -0.2) is 16.1 Å². The predicted octanol–water partition coefficient (Wildman–Crippen LogP) is 3.21. The summed E-state index contributed by atoms with van der Waals surface area (Å²) in [7, 11) is 0.